The van der Waals surface area contributed by atoms with Crippen LogP contribution in [-0.2, 0) is 0 Å². The second kappa shape index (κ2) is 5.39. The van der Waals surface area contributed by atoms with E-state index in [0.29, 0.717) is 18.1 Å². The van der Waals surface area contributed by atoms with Crippen molar-refractivity contribution < 1.29 is 13.2 Å². The van der Waals surface area contributed by atoms with Gasteiger partial charge in [0.05, 0.1) is 4.99 Å². The van der Waals surface area contributed by atoms with Crippen LogP contribution in [0.2, 0.25) is 0 Å². The summed E-state index contributed by atoms with van der Waals surface area (Å²) in [5.74, 6) is 0. The lowest BCUT2D eigenvalue weighted by molar-refractivity contribution is -0.135. The first-order valence-corrected chi connectivity index (χ1v) is 4.25. The van der Waals surface area contributed by atoms with E-state index < -0.39 is 12.6 Å². The number of rotatable bonds is 5. The van der Waals surface area contributed by atoms with Gasteiger partial charge in [-0.05, 0) is 20.0 Å². The van der Waals surface area contributed by atoms with Gasteiger partial charge in [-0.1, -0.05) is 12.2 Å². The molecule has 0 aliphatic carbocycles. The Hall–Kier alpha value is -0.360. The highest BCUT2D eigenvalue weighted by Gasteiger charge is 2.26. The molecule has 0 aromatic heterocycles. The number of hydrogen-bond donors (Lipinski definition) is 1. The molecule has 0 aromatic rings. The SMILES string of the molecule is CN(CCCC(F)(F)F)CC(N)=S. The molecule has 0 spiro atoms. The third kappa shape index (κ3) is 9.55. The molecule has 0 aliphatic rings. The predicted molar refractivity (Wildman–Crippen MR) is 49.6 cm³/mol. The molecule has 0 radical (unpaired) electrons. The normalized spacial score (nSPS) is 12.1. The van der Waals surface area contributed by atoms with Crippen molar-refractivity contribution in [3.05, 3.63) is 0 Å². The van der Waals surface area contributed by atoms with E-state index >= 15 is 0 Å². The summed E-state index contributed by atoms with van der Waals surface area (Å²) in [6, 6.07) is 0. The lowest BCUT2D eigenvalue weighted by Crippen LogP contribution is -2.30. The molecule has 0 amide bonds. The molecule has 0 aliphatic heterocycles. The van der Waals surface area contributed by atoms with E-state index in [9.17, 15) is 13.2 Å². The van der Waals surface area contributed by atoms with E-state index in [4.69, 9.17) is 5.73 Å². The molecule has 6 heteroatoms. The Balaban J connectivity index is 3.48. The van der Waals surface area contributed by atoms with E-state index in [1.807, 2.05) is 0 Å². The maximum absolute atomic E-state index is 11.7. The van der Waals surface area contributed by atoms with Crippen molar-refractivity contribution in [3.8, 4) is 0 Å². The van der Waals surface area contributed by atoms with Crippen molar-refractivity contribution >= 4 is 17.2 Å². The van der Waals surface area contributed by atoms with E-state index in [1.54, 1.807) is 11.9 Å². The van der Waals surface area contributed by atoms with E-state index in [1.165, 1.54) is 0 Å². The standard InChI is InChI=1S/C7H13F3N2S/c1-12(5-6(11)13)4-2-3-7(8,9)10/h2-5H2,1H3,(H2,11,13). The number of nitrogens with two attached hydrogens (primary N) is 1. The Kier molecular flexibility index (Phi) is 5.24. The molecule has 0 saturated carbocycles. The molecule has 0 unspecified atom stereocenters. The monoisotopic (exact) mass is 214 g/mol. The molecule has 0 heterocycles. The zero-order valence-corrected chi connectivity index (χ0v) is 8.21. The Morgan fingerprint density at radius 1 is 1.46 bits per heavy atom. The zero-order chi connectivity index (χ0) is 10.5. The number of halogens is 3. The number of alkyl halides is 3. The first kappa shape index (κ1) is 12.6. The molecular weight excluding hydrogens is 201 g/mol. The van der Waals surface area contributed by atoms with Crippen LogP contribution in [0.1, 0.15) is 12.8 Å². The van der Waals surface area contributed by atoms with Gasteiger partial charge in [0.15, 0.2) is 0 Å². The fourth-order valence-corrected chi connectivity index (χ4v) is 1.11. The third-order valence-electron chi connectivity index (χ3n) is 1.43. The molecule has 2 N–H and O–H groups in total. The quantitative estimate of drug-likeness (QED) is 0.704. The minimum absolute atomic E-state index is 0.0859. The number of thiocarbonyl (C=S) groups is 1. The molecular formula is C7H13F3N2S. The smallest absolute Gasteiger partial charge is 0.389 e. The summed E-state index contributed by atoms with van der Waals surface area (Å²) >= 11 is 4.61. The summed E-state index contributed by atoms with van der Waals surface area (Å²) in [6.07, 6.45) is -4.73. The second-order valence-corrected chi connectivity index (χ2v) is 3.45. The number of nitrogens with zero attached hydrogens (tertiary/aromatic N) is 1. The van der Waals surface area contributed by atoms with Crippen LogP contribution in [0, 0.1) is 0 Å². The fraction of sp³-hybridized carbons (Fsp3) is 0.857. The Bertz CT molecular complexity index is 170. The van der Waals surface area contributed by atoms with Gasteiger partial charge in [-0.25, -0.2) is 0 Å². The van der Waals surface area contributed by atoms with E-state index in [2.05, 4.69) is 12.2 Å². The van der Waals surface area contributed by atoms with Gasteiger partial charge in [0.25, 0.3) is 0 Å². The van der Waals surface area contributed by atoms with Crippen molar-refractivity contribution in [3.63, 3.8) is 0 Å². The highest BCUT2D eigenvalue weighted by atomic mass is 32.1. The van der Waals surface area contributed by atoms with Gasteiger partial charge in [-0.3, -0.25) is 4.90 Å². The summed E-state index contributed by atoms with van der Waals surface area (Å²) < 4.78 is 35.1. The molecule has 78 valence electrons. The summed E-state index contributed by atoms with van der Waals surface area (Å²) in [5.41, 5.74) is 5.22. The highest BCUT2D eigenvalue weighted by molar-refractivity contribution is 7.80. The van der Waals surface area contributed by atoms with Crippen LogP contribution in [0.5, 0.6) is 0 Å². The van der Waals surface area contributed by atoms with Crippen LogP contribution in [-0.4, -0.2) is 36.2 Å². The molecule has 0 aromatic carbocycles. The topological polar surface area (TPSA) is 29.3 Å². The largest absolute Gasteiger partial charge is 0.392 e. The molecule has 0 rings (SSSR count). The van der Waals surface area contributed by atoms with Crippen LogP contribution in [0.15, 0.2) is 0 Å². The van der Waals surface area contributed by atoms with Crippen molar-refractivity contribution in [1.82, 2.24) is 4.90 Å². The molecule has 0 saturated heterocycles. The Morgan fingerprint density at radius 2 is 2.00 bits per heavy atom. The van der Waals surface area contributed by atoms with Crippen LogP contribution in [0.25, 0.3) is 0 Å². The van der Waals surface area contributed by atoms with Gasteiger partial charge in [0.2, 0.25) is 0 Å². The van der Waals surface area contributed by atoms with Crippen LogP contribution >= 0.6 is 12.2 Å². The molecule has 13 heavy (non-hydrogen) atoms. The van der Waals surface area contributed by atoms with E-state index in [0.717, 1.165) is 0 Å². The van der Waals surface area contributed by atoms with Gasteiger partial charge in [0, 0.05) is 13.0 Å². The minimum Gasteiger partial charge on any atom is -0.392 e. The lowest BCUT2D eigenvalue weighted by atomic mass is 10.3. The minimum atomic E-state index is -4.07. The van der Waals surface area contributed by atoms with Crippen molar-refractivity contribution in [2.24, 2.45) is 5.73 Å². The lowest BCUT2D eigenvalue weighted by Gasteiger charge is -2.15. The maximum atomic E-state index is 11.7. The first-order chi connectivity index (χ1) is 5.81. The first-order valence-electron chi connectivity index (χ1n) is 3.85. The van der Waals surface area contributed by atoms with Gasteiger partial charge >= 0.3 is 6.18 Å². The zero-order valence-electron chi connectivity index (χ0n) is 7.40. The van der Waals surface area contributed by atoms with Crippen LogP contribution in [0.4, 0.5) is 13.2 Å². The van der Waals surface area contributed by atoms with Crippen molar-refractivity contribution in [2.45, 2.75) is 19.0 Å². The highest BCUT2D eigenvalue weighted by Crippen LogP contribution is 2.21. The predicted octanol–water partition coefficient (Wildman–Crippen LogP) is 1.55. The maximum Gasteiger partial charge on any atom is 0.389 e. The van der Waals surface area contributed by atoms with E-state index in [-0.39, 0.29) is 6.42 Å². The molecule has 2 nitrogen and oxygen atoms in total. The number of hydrogen-bond acceptors (Lipinski definition) is 2. The summed E-state index contributed by atoms with van der Waals surface area (Å²) in [5, 5.41) is 0. The molecule has 0 fully saturated rings. The second-order valence-electron chi connectivity index (χ2n) is 2.92. The van der Waals surface area contributed by atoms with Crippen LogP contribution < -0.4 is 5.73 Å². The van der Waals surface area contributed by atoms with Crippen LogP contribution in [0.3, 0.4) is 0 Å². The molecule has 0 bridgehead atoms. The third-order valence-corrected chi connectivity index (χ3v) is 1.55. The number of likely N-dealkylation sites (N-methyl/N-ethyl adjacent to an activating group) is 1. The fourth-order valence-electron chi connectivity index (χ4n) is 0.895. The van der Waals surface area contributed by atoms with Gasteiger partial charge in [-0.2, -0.15) is 13.2 Å². The van der Waals surface area contributed by atoms with Crippen molar-refractivity contribution in [2.75, 3.05) is 20.1 Å². The summed E-state index contributed by atoms with van der Waals surface area (Å²) in [4.78, 5) is 1.98. The van der Waals surface area contributed by atoms with Gasteiger partial charge < -0.3 is 5.73 Å². The summed E-state index contributed by atoms with van der Waals surface area (Å²) in [6.45, 7) is 0.726. The Labute approximate surface area is 80.9 Å². The van der Waals surface area contributed by atoms with Crippen molar-refractivity contribution in [1.29, 1.82) is 0 Å². The molecule has 0 atom stereocenters. The average molecular weight is 214 g/mol. The van der Waals surface area contributed by atoms with Gasteiger partial charge in [-0.15, -0.1) is 0 Å². The average Bonchev–Trinajstić information content (AvgIpc) is 1.81. The van der Waals surface area contributed by atoms with Gasteiger partial charge in [0.1, 0.15) is 0 Å². The Morgan fingerprint density at radius 3 is 2.38 bits per heavy atom. The summed E-state index contributed by atoms with van der Waals surface area (Å²) in [7, 11) is 1.69.